The average molecular weight is 264 g/mol. The lowest BCUT2D eigenvalue weighted by atomic mass is 9.84. The van der Waals surface area contributed by atoms with Gasteiger partial charge in [-0.25, -0.2) is 0 Å². The number of ketones is 1. The van der Waals surface area contributed by atoms with Gasteiger partial charge in [0.05, 0.1) is 6.61 Å². The molecule has 1 aromatic carbocycles. The number of ether oxygens (including phenoxy) is 2. The Bertz CT molecular complexity index is 401. The Morgan fingerprint density at radius 3 is 2.21 bits per heavy atom. The molecule has 0 aliphatic carbocycles. The monoisotopic (exact) mass is 264 g/mol. The number of methoxy groups -OCH3 is 1. The largest absolute Gasteiger partial charge is 0.494 e. The van der Waals surface area contributed by atoms with Crippen LogP contribution in [-0.2, 0) is 4.74 Å². The minimum Gasteiger partial charge on any atom is -0.494 e. The molecule has 0 N–H and O–H groups in total. The molecule has 0 amide bonds. The van der Waals surface area contributed by atoms with Gasteiger partial charge in [-0.15, -0.1) is 0 Å². The van der Waals surface area contributed by atoms with E-state index < -0.39 is 6.10 Å². The van der Waals surface area contributed by atoms with Gasteiger partial charge >= 0.3 is 0 Å². The Morgan fingerprint density at radius 1 is 1.21 bits per heavy atom. The maximum atomic E-state index is 12.4. The van der Waals surface area contributed by atoms with E-state index in [-0.39, 0.29) is 11.2 Å². The van der Waals surface area contributed by atoms with E-state index in [1.54, 1.807) is 19.2 Å². The Hall–Kier alpha value is -1.35. The van der Waals surface area contributed by atoms with Crippen molar-refractivity contribution in [2.45, 2.75) is 40.2 Å². The van der Waals surface area contributed by atoms with E-state index in [1.807, 2.05) is 32.9 Å². The van der Waals surface area contributed by atoms with E-state index >= 15 is 0 Å². The van der Waals surface area contributed by atoms with Crippen LogP contribution in [0.25, 0.3) is 0 Å². The van der Waals surface area contributed by atoms with Crippen molar-refractivity contribution in [3.8, 4) is 5.75 Å². The van der Waals surface area contributed by atoms with Gasteiger partial charge in [0.2, 0.25) is 0 Å². The van der Waals surface area contributed by atoms with Gasteiger partial charge in [0.15, 0.2) is 5.78 Å². The highest BCUT2D eigenvalue weighted by atomic mass is 16.5. The number of Topliss-reactive ketones (excluding diaryl/α,β-unsaturated/α-hetero) is 1. The van der Waals surface area contributed by atoms with Crippen molar-refractivity contribution in [2.24, 2.45) is 5.41 Å². The van der Waals surface area contributed by atoms with Crippen LogP contribution in [0.15, 0.2) is 24.3 Å². The van der Waals surface area contributed by atoms with E-state index in [0.29, 0.717) is 12.2 Å². The van der Waals surface area contributed by atoms with Gasteiger partial charge < -0.3 is 9.47 Å². The summed E-state index contributed by atoms with van der Waals surface area (Å²) in [5, 5.41) is 0. The van der Waals surface area contributed by atoms with Gasteiger partial charge in [0.25, 0.3) is 0 Å². The highest BCUT2D eigenvalue weighted by molar-refractivity contribution is 6.00. The van der Waals surface area contributed by atoms with Crippen LogP contribution in [0.5, 0.6) is 5.75 Å². The van der Waals surface area contributed by atoms with Crippen molar-refractivity contribution >= 4 is 5.78 Å². The van der Waals surface area contributed by atoms with E-state index in [0.717, 1.165) is 12.2 Å². The molecule has 1 unspecified atom stereocenters. The van der Waals surface area contributed by atoms with Crippen LogP contribution in [0.3, 0.4) is 0 Å². The molecule has 3 nitrogen and oxygen atoms in total. The Labute approximate surface area is 115 Å². The Kier molecular flexibility index (Phi) is 5.55. The predicted molar refractivity (Wildman–Crippen MR) is 76.8 cm³/mol. The fourth-order valence-corrected chi connectivity index (χ4v) is 1.94. The van der Waals surface area contributed by atoms with Crippen LogP contribution in [0.4, 0.5) is 0 Å². The third-order valence-corrected chi connectivity index (χ3v) is 2.87. The lowest BCUT2D eigenvalue weighted by molar-refractivity contribution is 0.0196. The zero-order valence-electron chi connectivity index (χ0n) is 12.5. The molecule has 3 heteroatoms. The second kappa shape index (κ2) is 6.71. The molecule has 1 rings (SSSR count). The molecule has 0 spiro atoms. The fourth-order valence-electron chi connectivity index (χ4n) is 1.94. The molecule has 0 saturated heterocycles. The van der Waals surface area contributed by atoms with Crippen LogP contribution in [0.2, 0.25) is 0 Å². The minimum atomic E-state index is -0.435. The summed E-state index contributed by atoms with van der Waals surface area (Å²) in [6, 6.07) is 7.26. The standard InChI is InChI=1S/C16H24O3/c1-6-11-19-13-9-7-12(8-10-13)14(17)15(18-5)16(2,3)4/h7-10,15H,6,11H2,1-5H3. The van der Waals surface area contributed by atoms with Crippen LogP contribution >= 0.6 is 0 Å². The quantitative estimate of drug-likeness (QED) is 0.735. The summed E-state index contributed by atoms with van der Waals surface area (Å²) in [5.41, 5.74) is 0.439. The lowest BCUT2D eigenvalue weighted by Crippen LogP contribution is -2.36. The van der Waals surface area contributed by atoms with E-state index in [1.165, 1.54) is 0 Å². The van der Waals surface area contributed by atoms with Crippen molar-refractivity contribution in [1.82, 2.24) is 0 Å². The van der Waals surface area contributed by atoms with Crippen LogP contribution in [0, 0.1) is 5.41 Å². The molecular weight excluding hydrogens is 240 g/mol. The molecule has 0 aromatic heterocycles. The maximum absolute atomic E-state index is 12.4. The van der Waals surface area contributed by atoms with Gasteiger partial charge in [0, 0.05) is 12.7 Å². The summed E-state index contributed by atoms with van der Waals surface area (Å²) >= 11 is 0. The molecular formula is C16H24O3. The second-order valence-electron chi connectivity index (χ2n) is 5.72. The predicted octanol–water partition coefficient (Wildman–Crippen LogP) is 3.72. The number of carbonyl (C=O) groups is 1. The molecule has 0 saturated carbocycles. The molecule has 1 atom stereocenters. The van der Waals surface area contributed by atoms with Gasteiger partial charge in [-0.05, 0) is 36.1 Å². The summed E-state index contributed by atoms with van der Waals surface area (Å²) in [4.78, 5) is 12.4. The van der Waals surface area contributed by atoms with Crippen LogP contribution in [0.1, 0.15) is 44.5 Å². The fraction of sp³-hybridized carbons (Fsp3) is 0.562. The number of benzene rings is 1. The van der Waals surface area contributed by atoms with Crippen molar-refractivity contribution < 1.29 is 14.3 Å². The summed E-state index contributed by atoms with van der Waals surface area (Å²) in [6.45, 7) is 8.74. The smallest absolute Gasteiger partial charge is 0.192 e. The molecule has 0 aliphatic rings. The van der Waals surface area contributed by atoms with E-state index in [9.17, 15) is 4.79 Å². The summed E-state index contributed by atoms with van der Waals surface area (Å²) in [6.07, 6.45) is 0.533. The summed E-state index contributed by atoms with van der Waals surface area (Å²) in [5.74, 6) is 0.806. The molecule has 19 heavy (non-hydrogen) atoms. The number of hydrogen-bond donors (Lipinski definition) is 0. The Morgan fingerprint density at radius 2 is 1.79 bits per heavy atom. The molecule has 0 fully saturated rings. The van der Waals surface area contributed by atoms with Crippen molar-refractivity contribution in [2.75, 3.05) is 13.7 Å². The first kappa shape index (κ1) is 15.7. The third-order valence-electron chi connectivity index (χ3n) is 2.87. The third kappa shape index (κ3) is 4.35. The zero-order valence-corrected chi connectivity index (χ0v) is 12.5. The molecule has 106 valence electrons. The first-order chi connectivity index (χ1) is 8.90. The molecule has 0 radical (unpaired) electrons. The maximum Gasteiger partial charge on any atom is 0.192 e. The highest BCUT2D eigenvalue weighted by Gasteiger charge is 2.31. The second-order valence-corrected chi connectivity index (χ2v) is 5.72. The van der Waals surface area contributed by atoms with Crippen molar-refractivity contribution in [1.29, 1.82) is 0 Å². The average Bonchev–Trinajstić information content (AvgIpc) is 2.36. The Balaban J connectivity index is 2.82. The summed E-state index contributed by atoms with van der Waals surface area (Å²) < 4.78 is 10.8. The summed E-state index contributed by atoms with van der Waals surface area (Å²) in [7, 11) is 1.58. The van der Waals surface area contributed by atoms with Gasteiger partial charge in [-0.3, -0.25) is 4.79 Å². The van der Waals surface area contributed by atoms with Gasteiger partial charge in [-0.2, -0.15) is 0 Å². The number of hydrogen-bond acceptors (Lipinski definition) is 3. The van der Waals surface area contributed by atoms with Crippen molar-refractivity contribution in [3.63, 3.8) is 0 Å². The first-order valence-corrected chi connectivity index (χ1v) is 6.70. The number of carbonyl (C=O) groups excluding carboxylic acids is 1. The van der Waals surface area contributed by atoms with Crippen LogP contribution < -0.4 is 4.74 Å². The number of rotatable bonds is 6. The van der Waals surface area contributed by atoms with Gasteiger partial charge in [-0.1, -0.05) is 27.7 Å². The zero-order chi connectivity index (χ0) is 14.5. The van der Waals surface area contributed by atoms with E-state index in [4.69, 9.17) is 9.47 Å². The lowest BCUT2D eigenvalue weighted by Gasteiger charge is -2.28. The molecule has 0 heterocycles. The van der Waals surface area contributed by atoms with Crippen molar-refractivity contribution in [3.05, 3.63) is 29.8 Å². The minimum absolute atomic E-state index is 0.0111. The van der Waals surface area contributed by atoms with E-state index in [2.05, 4.69) is 6.92 Å². The normalized spacial score (nSPS) is 13.1. The molecule has 1 aromatic rings. The highest BCUT2D eigenvalue weighted by Crippen LogP contribution is 2.25. The topological polar surface area (TPSA) is 35.5 Å². The van der Waals surface area contributed by atoms with Gasteiger partial charge in [0.1, 0.15) is 11.9 Å². The molecule has 0 bridgehead atoms. The first-order valence-electron chi connectivity index (χ1n) is 6.70. The molecule has 0 aliphatic heterocycles. The SMILES string of the molecule is CCCOc1ccc(C(=O)C(OC)C(C)(C)C)cc1. The van der Waals surface area contributed by atoms with Crippen LogP contribution in [-0.4, -0.2) is 25.6 Å².